The van der Waals surface area contributed by atoms with Crippen molar-refractivity contribution in [2.75, 3.05) is 0 Å². The highest BCUT2D eigenvalue weighted by Gasteiger charge is 2.48. The topological polar surface area (TPSA) is 106 Å². The van der Waals surface area contributed by atoms with Gasteiger partial charge in [-0.3, -0.25) is 18.7 Å². The standard InChI is InChI=1S/C31H34N4O4/c36-27-25(26-32-29(38)31(33-26,21-13-5-1-6-14-21)22-15-7-2-8-16-22)28(37)35(24-19-11-4-12-20-24)30(39)34(27)23-17-9-3-10-18-23/h1-2,5-8,13-16,23-24,36H,3-4,9-12,17-20H2,(H,32,33,38). The summed E-state index contributed by atoms with van der Waals surface area (Å²) in [4.78, 5) is 46.7. The van der Waals surface area contributed by atoms with Gasteiger partial charge in [-0.05, 0) is 36.8 Å². The van der Waals surface area contributed by atoms with Gasteiger partial charge in [-0.25, -0.2) is 9.79 Å². The fourth-order valence-corrected chi connectivity index (χ4v) is 6.65. The molecule has 0 bridgehead atoms. The van der Waals surface area contributed by atoms with E-state index in [4.69, 9.17) is 4.99 Å². The maximum atomic E-state index is 14.1. The summed E-state index contributed by atoms with van der Waals surface area (Å²) in [7, 11) is 0. The lowest BCUT2D eigenvalue weighted by molar-refractivity contribution is -0.122. The molecule has 0 spiro atoms. The first kappa shape index (κ1) is 25.3. The lowest BCUT2D eigenvalue weighted by Gasteiger charge is -2.29. The molecule has 1 aliphatic heterocycles. The number of carbonyl (C=O) groups excluding carboxylic acids is 1. The van der Waals surface area contributed by atoms with Crippen LogP contribution in [0.4, 0.5) is 0 Å². The minimum Gasteiger partial charge on any atom is -0.494 e. The molecule has 2 fully saturated rings. The van der Waals surface area contributed by atoms with E-state index in [9.17, 15) is 19.5 Å². The van der Waals surface area contributed by atoms with Crippen molar-refractivity contribution in [1.82, 2.24) is 14.5 Å². The van der Waals surface area contributed by atoms with E-state index in [1.54, 1.807) is 0 Å². The van der Waals surface area contributed by atoms with Crippen LogP contribution in [0, 0.1) is 0 Å². The average molecular weight is 527 g/mol. The second kappa shape index (κ2) is 10.3. The van der Waals surface area contributed by atoms with Gasteiger partial charge in [0, 0.05) is 12.1 Å². The summed E-state index contributed by atoms with van der Waals surface area (Å²) in [6.45, 7) is 0. The van der Waals surface area contributed by atoms with Gasteiger partial charge in [-0.2, -0.15) is 0 Å². The maximum Gasteiger partial charge on any atom is 0.334 e. The molecule has 0 saturated heterocycles. The number of aromatic hydroxyl groups is 1. The van der Waals surface area contributed by atoms with E-state index in [1.807, 2.05) is 60.7 Å². The highest BCUT2D eigenvalue weighted by molar-refractivity contribution is 6.17. The molecule has 2 saturated carbocycles. The largest absolute Gasteiger partial charge is 0.494 e. The molecular weight excluding hydrogens is 492 g/mol. The van der Waals surface area contributed by atoms with E-state index in [1.165, 1.54) is 9.13 Å². The number of aliphatic imine (C=N–C) groups is 1. The van der Waals surface area contributed by atoms with Gasteiger partial charge in [0.05, 0.1) is 0 Å². The van der Waals surface area contributed by atoms with Gasteiger partial charge in [0.1, 0.15) is 11.4 Å². The highest BCUT2D eigenvalue weighted by Crippen LogP contribution is 2.39. The van der Waals surface area contributed by atoms with Crippen molar-refractivity contribution < 1.29 is 9.90 Å². The first-order valence-electron chi connectivity index (χ1n) is 14.1. The molecule has 39 heavy (non-hydrogen) atoms. The summed E-state index contributed by atoms with van der Waals surface area (Å²) >= 11 is 0. The van der Waals surface area contributed by atoms with Crippen LogP contribution in [0.5, 0.6) is 5.88 Å². The van der Waals surface area contributed by atoms with E-state index in [0.29, 0.717) is 11.1 Å². The predicted molar refractivity (Wildman–Crippen MR) is 149 cm³/mol. The Morgan fingerprint density at radius 3 is 1.72 bits per heavy atom. The summed E-state index contributed by atoms with van der Waals surface area (Å²) in [6.07, 6.45) is 8.94. The molecule has 1 amide bonds. The predicted octanol–water partition coefficient (Wildman–Crippen LogP) is 4.55. The Balaban J connectivity index is 1.60. The number of nitrogens with zero attached hydrogens (tertiary/aromatic N) is 3. The number of amides is 1. The van der Waals surface area contributed by atoms with Crippen LogP contribution in [-0.4, -0.2) is 26.0 Å². The molecule has 3 aliphatic rings. The smallest absolute Gasteiger partial charge is 0.334 e. The summed E-state index contributed by atoms with van der Waals surface area (Å²) in [6, 6.07) is 18.0. The van der Waals surface area contributed by atoms with Crippen LogP contribution >= 0.6 is 0 Å². The quantitative estimate of drug-likeness (QED) is 0.509. The van der Waals surface area contributed by atoms with Crippen LogP contribution in [0.3, 0.4) is 0 Å². The van der Waals surface area contributed by atoms with Crippen molar-refractivity contribution in [3.63, 3.8) is 0 Å². The van der Waals surface area contributed by atoms with Gasteiger partial charge in [0.2, 0.25) is 5.88 Å². The van der Waals surface area contributed by atoms with Crippen molar-refractivity contribution in [3.8, 4) is 5.88 Å². The average Bonchev–Trinajstić information content (AvgIpc) is 3.32. The fraction of sp³-hybridized carbons (Fsp3) is 0.419. The second-order valence-corrected chi connectivity index (χ2v) is 11.0. The number of aromatic nitrogens is 2. The zero-order valence-electron chi connectivity index (χ0n) is 22.0. The zero-order valence-corrected chi connectivity index (χ0v) is 22.0. The minimum atomic E-state index is -1.43. The second-order valence-electron chi connectivity index (χ2n) is 11.0. The number of hydrogen-bond acceptors (Lipinski definition) is 5. The lowest BCUT2D eigenvalue weighted by Crippen LogP contribution is -2.47. The number of carbonyl (C=O) groups is 1. The highest BCUT2D eigenvalue weighted by atomic mass is 16.3. The molecule has 6 rings (SSSR count). The van der Waals surface area contributed by atoms with Crippen LogP contribution in [0.1, 0.15) is 93.0 Å². The molecule has 8 heteroatoms. The van der Waals surface area contributed by atoms with Crippen LogP contribution in [0.2, 0.25) is 0 Å². The molecule has 2 heterocycles. The molecule has 2 N–H and O–H groups in total. The minimum absolute atomic E-state index is 0.00400. The van der Waals surface area contributed by atoms with Gasteiger partial charge >= 0.3 is 5.69 Å². The van der Waals surface area contributed by atoms with E-state index in [2.05, 4.69) is 5.32 Å². The van der Waals surface area contributed by atoms with E-state index < -0.39 is 28.6 Å². The molecule has 2 aliphatic carbocycles. The molecule has 1 aromatic heterocycles. The summed E-state index contributed by atoms with van der Waals surface area (Å²) in [5, 5.41) is 14.4. The molecule has 3 aromatic rings. The van der Waals surface area contributed by atoms with Gasteiger partial charge in [0.25, 0.3) is 11.5 Å². The molecule has 0 radical (unpaired) electrons. The Morgan fingerprint density at radius 1 is 0.718 bits per heavy atom. The SMILES string of the molecule is O=C1NC(c2c(O)n(C3CCCCC3)c(=O)n(C3CCCCC3)c2=O)=NC1(c1ccccc1)c1ccccc1. The Morgan fingerprint density at radius 2 is 1.21 bits per heavy atom. The number of amidine groups is 1. The normalized spacial score (nSPS) is 20.0. The molecule has 2 aromatic carbocycles. The van der Waals surface area contributed by atoms with Crippen molar-refractivity contribution in [2.45, 2.75) is 81.8 Å². The monoisotopic (exact) mass is 526 g/mol. The Hall–Kier alpha value is -3.94. The van der Waals surface area contributed by atoms with Crippen molar-refractivity contribution in [2.24, 2.45) is 4.99 Å². The third-order valence-electron chi connectivity index (χ3n) is 8.64. The van der Waals surface area contributed by atoms with E-state index in [0.717, 1.165) is 64.2 Å². The molecule has 0 atom stereocenters. The number of rotatable bonds is 5. The molecular formula is C31H34N4O4. The lowest BCUT2D eigenvalue weighted by atomic mass is 9.83. The van der Waals surface area contributed by atoms with Crippen LogP contribution in [0.15, 0.2) is 75.2 Å². The van der Waals surface area contributed by atoms with Crippen molar-refractivity contribution in [3.05, 3.63) is 98.2 Å². The Labute approximate surface area is 227 Å². The number of hydrogen-bond donors (Lipinski definition) is 2. The fourth-order valence-electron chi connectivity index (χ4n) is 6.65. The Kier molecular flexibility index (Phi) is 6.71. The number of nitrogens with one attached hydrogen (secondary N) is 1. The first-order chi connectivity index (χ1) is 19.0. The van der Waals surface area contributed by atoms with Gasteiger partial charge in [-0.1, -0.05) is 99.2 Å². The first-order valence-corrected chi connectivity index (χ1v) is 14.1. The third kappa shape index (κ3) is 4.22. The zero-order chi connectivity index (χ0) is 27.0. The summed E-state index contributed by atoms with van der Waals surface area (Å²) < 4.78 is 2.74. The Bertz CT molecular complexity index is 1470. The van der Waals surface area contributed by atoms with Gasteiger partial charge < -0.3 is 10.4 Å². The summed E-state index contributed by atoms with van der Waals surface area (Å²) in [5.74, 6) is -0.808. The van der Waals surface area contributed by atoms with Crippen LogP contribution < -0.4 is 16.6 Å². The molecule has 202 valence electrons. The van der Waals surface area contributed by atoms with Crippen molar-refractivity contribution in [1.29, 1.82) is 0 Å². The van der Waals surface area contributed by atoms with E-state index in [-0.39, 0.29) is 23.5 Å². The molecule has 0 unspecified atom stereocenters. The number of benzene rings is 2. The van der Waals surface area contributed by atoms with Crippen LogP contribution in [0.25, 0.3) is 0 Å². The van der Waals surface area contributed by atoms with Gasteiger partial charge in [0.15, 0.2) is 5.54 Å². The van der Waals surface area contributed by atoms with Crippen LogP contribution in [-0.2, 0) is 10.3 Å². The summed E-state index contributed by atoms with van der Waals surface area (Å²) in [5.41, 5.74) is -1.28. The third-order valence-corrected chi connectivity index (χ3v) is 8.64. The maximum absolute atomic E-state index is 14.1. The molecule has 8 nitrogen and oxygen atoms in total. The van der Waals surface area contributed by atoms with E-state index >= 15 is 0 Å². The van der Waals surface area contributed by atoms with Gasteiger partial charge in [-0.15, -0.1) is 0 Å². The van der Waals surface area contributed by atoms with Crippen molar-refractivity contribution >= 4 is 11.7 Å².